The first kappa shape index (κ1) is 18.3. The van der Waals surface area contributed by atoms with Gasteiger partial charge in [-0.2, -0.15) is 0 Å². The zero-order valence-corrected chi connectivity index (χ0v) is 15.4. The van der Waals surface area contributed by atoms with Gasteiger partial charge in [0.25, 0.3) is 5.91 Å². The quantitative estimate of drug-likeness (QED) is 0.517. The van der Waals surface area contributed by atoms with Crippen LogP contribution in [0.3, 0.4) is 0 Å². The molecule has 3 aromatic rings. The van der Waals surface area contributed by atoms with E-state index < -0.39 is 0 Å². The minimum absolute atomic E-state index is 0.208. The SMILES string of the molecule is CN(C)/C=N/c1c(C(=O)NCc2ccccc2)nnn1Cc1ccccc1. The van der Waals surface area contributed by atoms with Crippen molar-refractivity contribution in [2.45, 2.75) is 13.1 Å². The Balaban J connectivity index is 1.81. The van der Waals surface area contributed by atoms with Gasteiger partial charge in [0.2, 0.25) is 0 Å². The zero-order chi connectivity index (χ0) is 19.1. The monoisotopic (exact) mass is 362 g/mol. The molecule has 0 spiro atoms. The summed E-state index contributed by atoms with van der Waals surface area (Å²) in [6.45, 7) is 0.905. The van der Waals surface area contributed by atoms with E-state index in [2.05, 4.69) is 20.6 Å². The molecule has 0 radical (unpaired) electrons. The van der Waals surface area contributed by atoms with E-state index in [4.69, 9.17) is 0 Å². The lowest BCUT2D eigenvalue weighted by atomic mass is 10.2. The third-order valence-corrected chi connectivity index (χ3v) is 3.81. The van der Waals surface area contributed by atoms with Gasteiger partial charge in [-0.25, -0.2) is 9.67 Å². The standard InChI is InChI=1S/C20H22N6O/c1-25(2)15-22-19-18(20(27)21-13-16-9-5-3-6-10-16)23-24-26(19)14-17-11-7-4-8-12-17/h3-12,15H,13-14H2,1-2H3,(H,21,27)/b22-15+. The van der Waals surface area contributed by atoms with Crippen molar-refractivity contribution < 1.29 is 4.79 Å². The first-order valence-corrected chi connectivity index (χ1v) is 8.63. The summed E-state index contributed by atoms with van der Waals surface area (Å²) < 4.78 is 1.63. The summed E-state index contributed by atoms with van der Waals surface area (Å²) in [6.07, 6.45) is 1.63. The van der Waals surface area contributed by atoms with Gasteiger partial charge in [0.05, 0.1) is 12.9 Å². The second kappa shape index (κ2) is 8.75. The predicted molar refractivity (Wildman–Crippen MR) is 105 cm³/mol. The van der Waals surface area contributed by atoms with Crippen LogP contribution in [-0.2, 0) is 13.1 Å². The molecule has 7 heteroatoms. The normalized spacial score (nSPS) is 10.9. The summed E-state index contributed by atoms with van der Waals surface area (Å²) in [6, 6.07) is 19.6. The van der Waals surface area contributed by atoms with Crippen LogP contribution in [0.2, 0.25) is 0 Å². The molecular weight excluding hydrogens is 340 g/mol. The minimum atomic E-state index is -0.302. The van der Waals surface area contributed by atoms with Crippen molar-refractivity contribution in [3.63, 3.8) is 0 Å². The highest BCUT2D eigenvalue weighted by atomic mass is 16.2. The number of carbonyl (C=O) groups excluding carboxylic acids is 1. The molecule has 0 saturated heterocycles. The smallest absolute Gasteiger partial charge is 0.276 e. The van der Waals surface area contributed by atoms with Crippen LogP contribution in [0.1, 0.15) is 21.6 Å². The lowest BCUT2D eigenvalue weighted by molar-refractivity contribution is 0.0946. The van der Waals surface area contributed by atoms with E-state index in [1.165, 1.54) is 0 Å². The Morgan fingerprint density at radius 3 is 2.33 bits per heavy atom. The second-order valence-corrected chi connectivity index (χ2v) is 6.28. The molecule has 0 unspecified atom stereocenters. The molecule has 0 fully saturated rings. The van der Waals surface area contributed by atoms with Crippen molar-refractivity contribution >= 4 is 18.1 Å². The lowest BCUT2D eigenvalue weighted by Crippen LogP contribution is -2.23. The molecule has 2 aromatic carbocycles. The highest BCUT2D eigenvalue weighted by molar-refractivity contribution is 5.96. The second-order valence-electron chi connectivity index (χ2n) is 6.28. The zero-order valence-electron chi connectivity index (χ0n) is 15.4. The van der Waals surface area contributed by atoms with Crippen molar-refractivity contribution in [3.8, 4) is 0 Å². The van der Waals surface area contributed by atoms with Gasteiger partial charge < -0.3 is 10.2 Å². The summed E-state index contributed by atoms with van der Waals surface area (Å²) >= 11 is 0. The number of hydrogen-bond donors (Lipinski definition) is 1. The van der Waals surface area contributed by atoms with Gasteiger partial charge in [0.15, 0.2) is 11.5 Å². The number of aliphatic imine (C=N–C) groups is 1. The number of amides is 1. The molecular formula is C20H22N6O. The number of hydrogen-bond acceptors (Lipinski definition) is 4. The molecule has 0 atom stereocenters. The van der Waals surface area contributed by atoms with Crippen molar-refractivity contribution in [3.05, 3.63) is 77.5 Å². The van der Waals surface area contributed by atoms with E-state index in [9.17, 15) is 4.79 Å². The molecule has 0 aliphatic heterocycles. The molecule has 0 saturated carbocycles. The fraction of sp³-hybridized carbons (Fsp3) is 0.200. The third kappa shape index (κ3) is 5.01. The Kier molecular flexibility index (Phi) is 5.94. The Morgan fingerprint density at radius 1 is 1.07 bits per heavy atom. The van der Waals surface area contributed by atoms with Crippen LogP contribution in [0.25, 0.3) is 0 Å². The van der Waals surface area contributed by atoms with Crippen molar-refractivity contribution in [1.29, 1.82) is 0 Å². The van der Waals surface area contributed by atoms with Crippen LogP contribution in [-0.4, -0.2) is 46.2 Å². The molecule has 7 nitrogen and oxygen atoms in total. The number of benzene rings is 2. The van der Waals surface area contributed by atoms with Crippen LogP contribution in [0, 0.1) is 0 Å². The number of carbonyl (C=O) groups is 1. The number of nitrogens with one attached hydrogen (secondary N) is 1. The number of rotatable bonds is 7. The predicted octanol–water partition coefficient (Wildman–Crippen LogP) is 2.48. The van der Waals surface area contributed by atoms with E-state index in [0.717, 1.165) is 11.1 Å². The average molecular weight is 362 g/mol. The molecule has 1 heterocycles. The maximum absolute atomic E-state index is 12.6. The molecule has 27 heavy (non-hydrogen) atoms. The van der Waals surface area contributed by atoms with Crippen LogP contribution in [0.15, 0.2) is 65.7 Å². The third-order valence-electron chi connectivity index (χ3n) is 3.81. The fourth-order valence-corrected chi connectivity index (χ4v) is 2.48. The van der Waals surface area contributed by atoms with E-state index in [1.807, 2.05) is 74.8 Å². The van der Waals surface area contributed by atoms with E-state index in [1.54, 1.807) is 15.9 Å². The Bertz CT molecular complexity index is 903. The van der Waals surface area contributed by atoms with Crippen LogP contribution in [0.5, 0.6) is 0 Å². The van der Waals surface area contributed by atoms with Gasteiger partial charge in [0, 0.05) is 20.6 Å². The summed E-state index contributed by atoms with van der Waals surface area (Å²) in [5, 5.41) is 11.1. The van der Waals surface area contributed by atoms with Crippen LogP contribution in [0.4, 0.5) is 5.82 Å². The van der Waals surface area contributed by atoms with Gasteiger partial charge in [-0.1, -0.05) is 65.9 Å². The van der Waals surface area contributed by atoms with Gasteiger partial charge in [0.1, 0.15) is 0 Å². The highest BCUT2D eigenvalue weighted by Gasteiger charge is 2.19. The van der Waals surface area contributed by atoms with E-state index >= 15 is 0 Å². The molecule has 1 aromatic heterocycles. The summed E-state index contributed by atoms with van der Waals surface area (Å²) in [5.74, 6) is 0.127. The van der Waals surface area contributed by atoms with Crippen molar-refractivity contribution in [2.75, 3.05) is 14.1 Å². The van der Waals surface area contributed by atoms with Crippen LogP contribution < -0.4 is 5.32 Å². The van der Waals surface area contributed by atoms with Gasteiger partial charge in [-0.3, -0.25) is 4.79 Å². The van der Waals surface area contributed by atoms with Crippen LogP contribution >= 0.6 is 0 Å². The summed E-state index contributed by atoms with van der Waals surface area (Å²) in [4.78, 5) is 18.8. The molecule has 3 rings (SSSR count). The Morgan fingerprint density at radius 2 is 1.70 bits per heavy atom. The van der Waals surface area contributed by atoms with Gasteiger partial charge >= 0.3 is 0 Å². The van der Waals surface area contributed by atoms with E-state index in [-0.39, 0.29) is 11.6 Å². The molecule has 1 amide bonds. The average Bonchev–Trinajstić information content (AvgIpc) is 3.08. The largest absolute Gasteiger partial charge is 0.369 e. The maximum atomic E-state index is 12.6. The number of nitrogens with zero attached hydrogens (tertiary/aromatic N) is 5. The van der Waals surface area contributed by atoms with Crippen molar-refractivity contribution in [2.24, 2.45) is 4.99 Å². The van der Waals surface area contributed by atoms with Crippen molar-refractivity contribution in [1.82, 2.24) is 25.2 Å². The molecule has 1 N–H and O–H groups in total. The first-order valence-electron chi connectivity index (χ1n) is 8.63. The minimum Gasteiger partial charge on any atom is -0.369 e. The topological polar surface area (TPSA) is 75.4 Å². The Labute approximate surface area is 158 Å². The highest BCUT2D eigenvalue weighted by Crippen LogP contribution is 2.18. The van der Waals surface area contributed by atoms with Gasteiger partial charge in [-0.05, 0) is 11.1 Å². The Hall–Kier alpha value is -3.48. The molecule has 138 valence electrons. The lowest BCUT2D eigenvalue weighted by Gasteiger charge is -2.07. The number of aromatic nitrogens is 3. The van der Waals surface area contributed by atoms with E-state index in [0.29, 0.717) is 18.9 Å². The first-order chi connectivity index (χ1) is 13.1. The summed E-state index contributed by atoms with van der Waals surface area (Å²) in [5.41, 5.74) is 2.28. The molecule has 0 bridgehead atoms. The molecule has 0 aliphatic rings. The fourth-order valence-electron chi connectivity index (χ4n) is 2.48. The summed E-state index contributed by atoms with van der Waals surface area (Å²) in [7, 11) is 3.73. The molecule has 0 aliphatic carbocycles. The van der Waals surface area contributed by atoms with Gasteiger partial charge in [-0.15, -0.1) is 5.10 Å². The maximum Gasteiger partial charge on any atom is 0.276 e.